The maximum absolute atomic E-state index is 12.7. The van der Waals surface area contributed by atoms with Gasteiger partial charge in [-0.1, -0.05) is 108 Å². The molecule has 2 atom stereocenters. The first kappa shape index (κ1) is 31.9. The molecule has 4 heteroatoms. The third kappa shape index (κ3) is 13.5. The van der Waals surface area contributed by atoms with Crippen molar-refractivity contribution >= 4 is 5.97 Å². The van der Waals surface area contributed by atoms with E-state index in [2.05, 4.69) is 76.5 Å². The van der Waals surface area contributed by atoms with Crippen LogP contribution < -0.4 is 4.74 Å². The molecule has 0 bridgehead atoms. The first-order chi connectivity index (χ1) is 18.3. The molecular weight excluding hydrogens is 470 g/mol. The van der Waals surface area contributed by atoms with E-state index in [1.165, 1.54) is 68.9 Å². The number of unbranched alkanes of at least 4 members (excludes halogenated alkanes) is 8. The van der Waals surface area contributed by atoms with Crippen molar-refractivity contribution in [3.8, 4) is 5.75 Å². The van der Waals surface area contributed by atoms with E-state index in [0.717, 1.165) is 36.2 Å². The first-order valence-electron chi connectivity index (χ1n) is 15.1. The number of rotatable bonds is 20. The molecule has 0 aliphatic carbocycles. The number of hydrogen-bond donors (Lipinski definition) is 0. The summed E-state index contributed by atoms with van der Waals surface area (Å²) in [5.41, 5.74) is 2.64. The summed E-state index contributed by atoms with van der Waals surface area (Å²) in [6.07, 6.45) is 14.0. The molecule has 0 radical (unpaired) electrons. The molecule has 0 aliphatic heterocycles. The predicted molar refractivity (Wildman–Crippen MR) is 159 cm³/mol. The molecule has 0 saturated carbocycles. The van der Waals surface area contributed by atoms with Gasteiger partial charge in [-0.25, -0.2) is 0 Å². The Morgan fingerprint density at radius 3 is 2.00 bits per heavy atom. The summed E-state index contributed by atoms with van der Waals surface area (Å²) in [4.78, 5) is 12.7. The Hall–Kier alpha value is -2.33. The van der Waals surface area contributed by atoms with Crippen molar-refractivity contribution in [2.24, 2.45) is 5.92 Å². The van der Waals surface area contributed by atoms with Gasteiger partial charge in [0.25, 0.3) is 0 Å². The molecule has 0 spiro atoms. The zero-order valence-electron chi connectivity index (χ0n) is 24.9. The summed E-state index contributed by atoms with van der Waals surface area (Å²) >= 11 is 0. The molecular formula is C34H54NO3+. The molecule has 0 fully saturated rings. The van der Waals surface area contributed by atoms with Crippen molar-refractivity contribution in [2.45, 2.75) is 104 Å². The summed E-state index contributed by atoms with van der Waals surface area (Å²) in [6, 6.07) is 18.9. The van der Waals surface area contributed by atoms with Crippen LogP contribution in [0.25, 0.3) is 0 Å². The Kier molecular flexibility index (Phi) is 15.1. The van der Waals surface area contributed by atoms with Gasteiger partial charge in [0.1, 0.15) is 30.9 Å². The van der Waals surface area contributed by atoms with Crippen molar-refractivity contribution in [1.29, 1.82) is 0 Å². The van der Waals surface area contributed by atoms with Crippen LogP contribution in [-0.4, -0.2) is 43.8 Å². The summed E-state index contributed by atoms with van der Waals surface area (Å²) in [5.74, 6) is 0.520. The minimum Gasteiger partial charge on any atom is -0.487 e. The normalized spacial score (nSPS) is 13.2. The van der Waals surface area contributed by atoms with Crippen LogP contribution in [0.5, 0.6) is 5.75 Å². The molecule has 0 aromatic heterocycles. The standard InChI is InChI=1S/C34H54NO3/c1-6-8-9-10-11-12-13-14-16-19-30-22-24-33(25-23-30)38-32(7-2)28-37-34(36)29(3)26-35(4,5)27-31-20-17-15-18-21-31/h15,17-18,20-25,29,32H,6-14,16,19,26-28H2,1-5H3/q+1. The number of quaternary nitrogens is 1. The molecule has 2 rings (SSSR count). The Balaban J connectivity index is 1.67. The van der Waals surface area contributed by atoms with E-state index in [1.54, 1.807) is 0 Å². The lowest BCUT2D eigenvalue weighted by molar-refractivity contribution is -0.905. The minimum atomic E-state index is -0.174. The maximum Gasteiger partial charge on any atom is 0.314 e. The van der Waals surface area contributed by atoms with Gasteiger partial charge in [0, 0.05) is 5.56 Å². The van der Waals surface area contributed by atoms with Gasteiger partial charge >= 0.3 is 5.97 Å². The van der Waals surface area contributed by atoms with E-state index in [4.69, 9.17) is 9.47 Å². The molecule has 0 N–H and O–H groups in total. The van der Waals surface area contributed by atoms with E-state index >= 15 is 0 Å². The van der Waals surface area contributed by atoms with Crippen LogP contribution in [0.1, 0.15) is 96.1 Å². The van der Waals surface area contributed by atoms with Gasteiger partial charge in [-0.3, -0.25) is 4.79 Å². The van der Waals surface area contributed by atoms with Gasteiger partial charge in [0.05, 0.1) is 20.6 Å². The van der Waals surface area contributed by atoms with Gasteiger partial charge in [-0.15, -0.1) is 0 Å². The van der Waals surface area contributed by atoms with Crippen molar-refractivity contribution in [1.82, 2.24) is 0 Å². The van der Waals surface area contributed by atoms with Crippen LogP contribution in [0.4, 0.5) is 0 Å². The van der Waals surface area contributed by atoms with Crippen molar-refractivity contribution in [3.05, 3.63) is 65.7 Å². The lowest BCUT2D eigenvalue weighted by Gasteiger charge is -2.32. The zero-order valence-corrected chi connectivity index (χ0v) is 24.9. The summed E-state index contributed by atoms with van der Waals surface area (Å²) in [6.45, 7) is 8.20. The van der Waals surface area contributed by atoms with Crippen molar-refractivity contribution < 1.29 is 18.8 Å². The van der Waals surface area contributed by atoms with E-state index in [9.17, 15) is 4.79 Å². The number of hydrogen-bond acceptors (Lipinski definition) is 3. The maximum atomic E-state index is 12.7. The third-order valence-corrected chi connectivity index (χ3v) is 7.29. The second-order valence-corrected chi connectivity index (χ2v) is 11.7. The summed E-state index contributed by atoms with van der Waals surface area (Å²) in [7, 11) is 4.32. The van der Waals surface area contributed by atoms with E-state index < -0.39 is 0 Å². The van der Waals surface area contributed by atoms with Crippen LogP contribution in [0.3, 0.4) is 0 Å². The van der Waals surface area contributed by atoms with E-state index in [1.807, 2.05) is 13.0 Å². The number of ether oxygens (including phenoxy) is 2. The number of carbonyl (C=O) groups excluding carboxylic acids is 1. The van der Waals surface area contributed by atoms with Gasteiger partial charge in [-0.2, -0.15) is 0 Å². The van der Waals surface area contributed by atoms with Crippen LogP contribution in [-0.2, 0) is 22.5 Å². The highest BCUT2D eigenvalue weighted by atomic mass is 16.6. The highest BCUT2D eigenvalue weighted by Gasteiger charge is 2.26. The number of nitrogens with zero attached hydrogens (tertiary/aromatic N) is 1. The minimum absolute atomic E-state index is 0.138. The Labute approximate surface area is 233 Å². The van der Waals surface area contributed by atoms with Crippen LogP contribution >= 0.6 is 0 Å². The molecule has 2 unspecified atom stereocenters. The summed E-state index contributed by atoms with van der Waals surface area (Å²) < 4.78 is 12.6. The van der Waals surface area contributed by atoms with Gasteiger partial charge < -0.3 is 14.0 Å². The SMILES string of the molecule is CCCCCCCCCCCc1ccc(OC(CC)COC(=O)C(C)C[N+](C)(C)Cc2ccccc2)cc1. The molecule has 212 valence electrons. The fourth-order valence-corrected chi connectivity index (χ4v) is 5.08. The monoisotopic (exact) mass is 524 g/mol. The summed E-state index contributed by atoms with van der Waals surface area (Å²) in [5, 5.41) is 0. The van der Waals surface area contributed by atoms with Crippen LogP contribution in [0.15, 0.2) is 54.6 Å². The van der Waals surface area contributed by atoms with Gasteiger partial charge in [0.2, 0.25) is 0 Å². The number of aryl methyl sites for hydroxylation is 1. The second-order valence-electron chi connectivity index (χ2n) is 11.7. The fourth-order valence-electron chi connectivity index (χ4n) is 5.08. The zero-order chi connectivity index (χ0) is 27.6. The Morgan fingerprint density at radius 1 is 0.789 bits per heavy atom. The molecule has 2 aromatic rings. The quantitative estimate of drug-likeness (QED) is 0.0991. The van der Waals surface area contributed by atoms with Crippen molar-refractivity contribution in [3.63, 3.8) is 0 Å². The van der Waals surface area contributed by atoms with Gasteiger partial charge in [-0.05, 0) is 43.9 Å². The topological polar surface area (TPSA) is 35.5 Å². The predicted octanol–water partition coefficient (Wildman–Crippen LogP) is 8.37. The fraction of sp³-hybridized carbons (Fsp3) is 0.618. The van der Waals surface area contributed by atoms with Crippen LogP contribution in [0.2, 0.25) is 0 Å². The van der Waals surface area contributed by atoms with Gasteiger partial charge in [0.15, 0.2) is 0 Å². The molecule has 38 heavy (non-hydrogen) atoms. The third-order valence-electron chi connectivity index (χ3n) is 7.29. The average molecular weight is 525 g/mol. The highest BCUT2D eigenvalue weighted by molar-refractivity contribution is 5.72. The second kappa shape index (κ2) is 18.0. The Morgan fingerprint density at radius 2 is 1.39 bits per heavy atom. The van der Waals surface area contributed by atoms with Crippen molar-refractivity contribution in [2.75, 3.05) is 27.2 Å². The lowest BCUT2D eigenvalue weighted by Crippen LogP contribution is -2.44. The number of esters is 1. The highest BCUT2D eigenvalue weighted by Crippen LogP contribution is 2.19. The smallest absolute Gasteiger partial charge is 0.314 e. The lowest BCUT2D eigenvalue weighted by atomic mass is 10.0. The van der Waals surface area contributed by atoms with E-state index in [-0.39, 0.29) is 24.6 Å². The number of benzene rings is 2. The molecule has 0 aliphatic rings. The molecule has 4 nitrogen and oxygen atoms in total. The molecule has 0 saturated heterocycles. The first-order valence-corrected chi connectivity index (χ1v) is 15.1. The average Bonchev–Trinajstić information content (AvgIpc) is 2.90. The van der Waals surface area contributed by atoms with E-state index in [0.29, 0.717) is 0 Å². The molecule has 0 amide bonds. The van der Waals surface area contributed by atoms with Crippen LogP contribution in [0, 0.1) is 5.92 Å². The molecule has 2 aromatic carbocycles. The molecule has 0 heterocycles. The largest absolute Gasteiger partial charge is 0.487 e. The number of carbonyl (C=O) groups is 1. The Bertz CT molecular complexity index is 878.